The summed E-state index contributed by atoms with van der Waals surface area (Å²) in [4.78, 5) is 24.3. The van der Waals surface area contributed by atoms with Crippen molar-refractivity contribution in [2.24, 2.45) is 0 Å². The van der Waals surface area contributed by atoms with Crippen LogP contribution in [-0.4, -0.2) is 36.4 Å². The molecule has 1 heterocycles. The van der Waals surface area contributed by atoms with E-state index in [0.717, 1.165) is 19.5 Å². The van der Waals surface area contributed by atoms with E-state index in [1.54, 1.807) is 7.11 Å². The maximum absolute atomic E-state index is 11.3. The molecule has 1 aromatic heterocycles. The van der Waals surface area contributed by atoms with E-state index in [1.807, 2.05) is 0 Å². The van der Waals surface area contributed by atoms with E-state index in [-0.39, 0.29) is 11.2 Å². The summed E-state index contributed by atoms with van der Waals surface area (Å²) in [5.41, 5.74) is -0.719. The molecule has 0 saturated carbocycles. The van der Waals surface area contributed by atoms with Crippen LogP contribution in [0.5, 0.6) is 0 Å². The molecule has 0 fully saturated rings. The van der Waals surface area contributed by atoms with Crippen LogP contribution in [0.4, 0.5) is 0 Å². The summed E-state index contributed by atoms with van der Waals surface area (Å²) < 4.78 is 6.37. The number of hydrogen-bond donors (Lipinski definition) is 2. The van der Waals surface area contributed by atoms with Gasteiger partial charge in [-0.2, -0.15) is 0 Å². The Hall–Kier alpha value is -1.40. The molecule has 1 aromatic rings. The number of aromatic nitrogens is 2. The van der Waals surface area contributed by atoms with Crippen molar-refractivity contribution in [3.8, 4) is 0 Å². The minimum atomic E-state index is -0.362. The van der Waals surface area contributed by atoms with Crippen molar-refractivity contribution in [3.63, 3.8) is 0 Å². The number of methoxy groups -OCH3 is 1. The average Bonchev–Trinajstić information content (AvgIpc) is 2.26. The quantitative estimate of drug-likeness (QED) is 0.596. The molecule has 0 unspecified atom stereocenters. The minimum Gasteiger partial charge on any atom is -0.383 e. The summed E-state index contributed by atoms with van der Waals surface area (Å²) in [6.07, 6.45) is 2.34. The van der Waals surface area contributed by atoms with Gasteiger partial charge >= 0.3 is 5.69 Å². The zero-order valence-electron chi connectivity index (χ0n) is 9.36. The van der Waals surface area contributed by atoms with Crippen LogP contribution in [0.1, 0.15) is 6.42 Å². The second kappa shape index (κ2) is 6.97. The molecule has 0 aromatic carbocycles. The highest BCUT2D eigenvalue weighted by molar-refractivity contribution is 4.82. The first-order chi connectivity index (χ1) is 7.74. The van der Waals surface area contributed by atoms with Crippen molar-refractivity contribution in [2.75, 3.05) is 26.8 Å². The fraction of sp³-hybridized carbons (Fsp3) is 0.600. The second-order valence-electron chi connectivity index (χ2n) is 3.40. The molecule has 6 heteroatoms. The van der Waals surface area contributed by atoms with Crippen molar-refractivity contribution in [2.45, 2.75) is 13.0 Å². The maximum atomic E-state index is 11.3. The monoisotopic (exact) mass is 227 g/mol. The van der Waals surface area contributed by atoms with E-state index >= 15 is 0 Å². The highest BCUT2D eigenvalue weighted by Gasteiger charge is 1.95. The van der Waals surface area contributed by atoms with E-state index < -0.39 is 0 Å². The molecule has 2 N–H and O–H groups in total. The van der Waals surface area contributed by atoms with Crippen LogP contribution in [0.3, 0.4) is 0 Å². The Balaban J connectivity index is 2.27. The first-order valence-electron chi connectivity index (χ1n) is 5.23. The topological polar surface area (TPSA) is 76.1 Å². The van der Waals surface area contributed by atoms with E-state index in [2.05, 4.69) is 10.3 Å². The van der Waals surface area contributed by atoms with Gasteiger partial charge < -0.3 is 14.6 Å². The zero-order valence-corrected chi connectivity index (χ0v) is 9.36. The normalized spacial score (nSPS) is 10.6. The third kappa shape index (κ3) is 4.41. The van der Waals surface area contributed by atoms with Crippen LogP contribution in [0.25, 0.3) is 0 Å². The van der Waals surface area contributed by atoms with Gasteiger partial charge in [-0.15, -0.1) is 0 Å². The Kier molecular flexibility index (Phi) is 5.52. The number of H-pyrrole nitrogens is 1. The minimum absolute atomic E-state index is 0.357. The summed E-state index contributed by atoms with van der Waals surface area (Å²) in [6.45, 7) is 2.89. The Morgan fingerprint density at radius 3 is 2.94 bits per heavy atom. The van der Waals surface area contributed by atoms with Gasteiger partial charge in [-0.3, -0.25) is 9.78 Å². The Bertz CT molecular complexity index is 410. The summed E-state index contributed by atoms with van der Waals surface area (Å²) >= 11 is 0. The zero-order chi connectivity index (χ0) is 11.8. The number of aromatic amines is 1. The molecule has 90 valence electrons. The van der Waals surface area contributed by atoms with Gasteiger partial charge in [0, 0.05) is 32.5 Å². The maximum Gasteiger partial charge on any atom is 0.328 e. The van der Waals surface area contributed by atoms with Crippen LogP contribution in [0, 0.1) is 0 Å². The smallest absolute Gasteiger partial charge is 0.328 e. The Morgan fingerprint density at radius 2 is 2.25 bits per heavy atom. The first kappa shape index (κ1) is 12.7. The molecule has 0 atom stereocenters. The lowest BCUT2D eigenvalue weighted by Gasteiger charge is -2.05. The van der Waals surface area contributed by atoms with Crippen LogP contribution in [0.15, 0.2) is 21.9 Å². The standard InChI is InChI=1S/C10H17N3O3/c1-16-8-5-11-4-2-6-13-7-3-9(14)12-10(13)15/h3,7,11H,2,4-6,8H2,1H3,(H,12,14,15). The van der Waals surface area contributed by atoms with Gasteiger partial charge in [-0.05, 0) is 13.0 Å². The van der Waals surface area contributed by atoms with Gasteiger partial charge in [0.2, 0.25) is 0 Å². The fourth-order valence-corrected chi connectivity index (χ4v) is 1.29. The van der Waals surface area contributed by atoms with Gasteiger partial charge in [0.05, 0.1) is 6.61 Å². The molecule has 0 spiro atoms. The number of nitrogens with zero attached hydrogens (tertiary/aromatic N) is 1. The summed E-state index contributed by atoms with van der Waals surface area (Å²) in [7, 11) is 1.65. The summed E-state index contributed by atoms with van der Waals surface area (Å²) in [5, 5.41) is 3.18. The van der Waals surface area contributed by atoms with Crippen LogP contribution in [0.2, 0.25) is 0 Å². The molecule has 0 amide bonds. The molecule has 6 nitrogen and oxygen atoms in total. The lowest BCUT2D eigenvalue weighted by atomic mass is 10.4. The summed E-state index contributed by atoms with van der Waals surface area (Å²) in [6, 6.07) is 1.35. The number of nitrogens with one attached hydrogen (secondary N) is 2. The number of aryl methyl sites for hydroxylation is 1. The summed E-state index contributed by atoms with van der Waals surface area (Å²) in [5.74, 6) is 0. The largest absolute Gasteiger partial charge is 0.383 e. The molecule has 0 aliphatic carbocycles. The van der Waals surface area contributed by atoms with E-state index in [0.29, 0.717) is 13.2 Å². The second-order valence-corrected chi connectivity index (χ2v) is 3.40. The first-order valence-corrected chi connectivity index (χ1v) is 5.23. The predicted octanol–water partition coefficient (Wildman–Crippen LogP) is -0.837. The van der Waals surface area contributed by atoms with Crippen molar-refractivity contribution < 1.29 is 4.74 Å². The van der Waals surface area contributed by atoms with E-state index in [4.69, 9.17) is 4.74 Å². The molecule has 0 saturated heterocycles. The van der Waals surface area contributed by atoms with Crippen molar-refractivity contribution in [3.05, 3.63) is 33.1 Å². The number of ether oxygens (including phenoxy) is 1. The van der Waals surface area contributed by atoms with Crippen molar-refractivity contribution >= 4 is 0 Å². The molecule has 16 heavy (non-hydrogen) atoms. The SMILES string of the molecule is COCCNCCCn1ccc(=O)[nH]c1=O. The highest BCUT2D eigenvalue weighted by Crippen LogP contribution is 1.83. The molecule has 0 aliphatic heterocycles. The third-order valence-corrected chi connectivity index (χ3v) is 2.13. The molecule has 0 bridgehead atoms. The fourth-order valence-electron chi connectivity index (χ4n) is 1.29. The van der Waals surface area contributed by atoms with E-state index in [9.17, 15) is 9.59 Å². The van der Waals surface area contributed by atoms with Crippen LogP contribution >= 0.6 is 0 Å². The lowest BCUT2D eigenvalue weighted by molar-refractivity contribution is 0.199. The number of rotatable bonds is 7. The van der Waals surface area contributed by atoms with Gasteiger partial charge in [-0.1, -0.05) is 0 Å². The molecular weight excluding hydrogens is 210 g/mol. The molecule has 0 radical (unpaired) electrons. The average molecular weight is 227 g/mol. The van der Waals surface area contributed by atoms with E-state index in [1.165, 1.54) is 16.8 Å². The van der Waals surface area contributed by atoms with Gasteiger partial charge in [0.15, 0.2) is 0 Å². The van der Waals surface area contributed by atoms with Crippen molar-refractivity contribution in [1.29, 1.82) is 0 Å². The van der Waals surface area contributed by atoms with Gasteiger partial charge in [0.1, 0.15) is 0 Å². The van der Waals surface area contributed by atoms with Gasteiger partial charge in [0.25, 0.3) is 5.56 Å². The van der Waals surface area contributed by atoms with Crippen LogP contribution < -0.4 is 16.6 Å². The van der Waals surface area contributed by atoms with Gasteiger partial charge in [-0.25, -0.2) is 4.79 Å². The molecular formula is C10H17N3O3. The molecule has 0 aliphatic rings. The highest BCUT2D eigenvalue weighted by atomic mass is 16.5. The Morgan fingerprint density at radius 1 is 1.44 bits per heavy atom. The Labute approximate surface area is 93.3 Å². The molecule has 1 rings (SSSR count). The third-order valence-electron chi connectivity index (χ3n) is 2.13. The number of hydrogen-bond acceptors (Lipinski definition) is 4. The van der Waals surface area contributed by atoms with Crippen molar-refractivity contribution in [1.82, 2.24) is 14.9 Å². The predicted molar refractivity (Wildman–Crippen MR) is 60.7 cm³/mol. The van der Waals surface area contributed by atoms with Crippen LogP contribution in [-0.2, 0) is 11.3 Å². The lowest BCUT2D eigenvalue weighted by Crippen LogP contribution is -2.30.